The number of ether oxygens (including phenoxy) is 1. The van der Waals surface area contributed by atoms with Crippen molar-refractivity contribution in [2.45, 2.75) is 25.7 Å². The molecule has 4 heteroatoms. The number of likely N-dealkylation sites (tertiary alicyclic amines) is 1. The van der Waals surface area contributed by atoms with Gasteiger partial charge in [0.15, 0.2) is 0 Å². The summed E-state index contributed by atoms with van der Waals surface area (Å²) in [7, 11) is 0. The normalized spacial score (nSPS) is 15.3. The van der Waals surface area contributed by atoms with E-state index < -0.39 is 0 Å². The molecule has 0 bridgehead atoms. The van der Waals surface area contributed by atoms with Gasteiger partial charge in [-0.1, -0.05) is 15.9 Å². The molecule has 1 fully saturated rings. The summed E-state index contributed by atoms with van der Waals surface area (Å²) in [4.78, 5) is 14.2. The third kappa shape index (κ3) is 4.23. The van der Waals surface area contributed by atoms with Crippen molar-refractivity contribution in [1.29, 1.82) is 0 Å². The number of amides is 1. The molecule has 1 aromatic rings. The largest absolute Gasteiger partial charge is 0.494 e. The number of carbonyl (C=O) groups excluding carboxylic acids is 1. The minimum absolute atomic E-state index is 0.145. The van der Waals surface area contributed by atoms with Crippen LogP contribution in [0.4, 0.5) is 0 Å². The zero-order valence-electron chi connectivity index (χ0n) is 11.1. The van der Waals surface area contributed by atoms with Gasteiger partial charge in [-0.2, -0.15) is 0 Å². The quantitative estimate of drug-likeness (QED) is 0.612. The van der Waals surface area contributed by atoms with Crippen LogP contribution in [0.15, 0.2) is 24.3 Å². The van der Waals surface area contributed by atoms with Crippen molar-refractivity contribution in [3.05, 3.63) is 29.8 Å². The molecular formula is C15H20BrNO2. The van der Waals surface area contributed by atoms with Gasteiger partial charge in [-0.05, 0) is 49.9 Å². The molecule has 0 aliphatic carbocycles. The summed E-state index contributed by atoms with van der Waals surface area (Å²) in [6.45, 7) is 2.48. The molecular weight excluding hydrogens is 306 g/mol. The van der Waals surface area contributed by atoms with E-state index in [9.17, 15) is 4.79 Å². The first-order valence-electron chi connectivity index (χ1n) is 6.89. The Hall–Kier alpha value is -1.03. The lowest BCUT2D eigenvalue weighted by Crippen LogP contribution is -2.35. The van der Waals surface area contributed by atoms with Crippen molar-refractivity contribution < 1.29 is 9.53 Å². The highest BCUT2D eigenvalue weighted by atomic mass is 79.9. The standard InChI is InChI=1S/C15H20BrNO2/c16-9-4-12-19-14-7-5-13(6-8-14)15(18)17-10-2-1-3-11-17/h5-8H,1-4,9-12H2. The summed E-state index contributed by atoms with van der Waals surface area (Å²) >= 11 is 3.37. The van der Waals surface area contributed by atoms with E-state index in [1.54, 1.807) is 0 Å². The molecule has 0 aromatic heterocycles. The Morgan fingerprint density at radius 2 is 1.84 bits per heavy atom. The molecule has 0 atom stereocenters. The Kier molecular flexibility index (Phi) is 5.70. The average Bonchev–Trinajstić information content (AvgIpc) is 2.48. The number of alkyl halides is 1. The number of hydrogen-bond donors (Lipinski definition) is 0. The summed E-state index contributed by atoms with van der Waals surface area (Å²) in [5.41, 5.74) is 0.759. The maximum atomic E-state index is 12.3. The second kappa shape index (κ2) is 7.53. The number of hydrogen-bond acceptors (Lipinski definition) is 2. The van der Waals surface area contributed by atoms with E-state index in [0.29, 0.717) is 6.61 Å². The molecule has 1 aliphatic heterocycles. The highest BCUT2D eigenvalue weighted by Gasteiger charge is 2.17. The van der Waals surface area contributed by atoms with Crippen LogP contribution in [0.5, 0.6) is 5.75 Å². The van der Waals surface area contributed by atoms with Gasteiger partial charge in [-0.3, -0.25) is 4.79 Å². The van der Waals surface area contributed by atoms with Crippen molar-refractivity contribution in [1.82, 2.24) is 4.90 Å². The van der Waals surface area contributed by atoms with Crippen LogP contribution in [-0.2, 0) is 0 Å². The lowest BCUT2D eigenvalue weighted by atomic mass is 10.1. The molecule has 19 heavy (non-hydrogen) atoms. The minimum atomic E-state index is 0.145. The topological polar surface area (TPSA) is 29.5 Å². The van der Waals surface area contributed by atoms with Crippen LogP contribution in [0.1, 0.15) is 36.0 Å². The molecule has 0 saturated carbocycles. The van der Waals surface area contributed by atoms with Crippen LogP contribution in [-0.4, -0.2) is 35.8 Å². The van der Waals surface area contributed by atoms with Crippen molar-refractivity contribution >= 4 is 21.8 Å². The summed E-state index contributed by atoms with van der Waals surface area (Å²) in [5.74, 6) is 0.975. The minimum Gasteiger partial charge on any atom is -0.494 e. The Morgan fingerprint density at radius 1 is 1.16 bits per heavy atom. The molecule has 0 radical (unpaired) electrons. The molecule has 0 unspecified atom stereocenters. The maximum absolute atomic E-state index is 12.3. The van der Waals surface area contributed by atoms with E-state index in [4.69, 9.17) is 4.74 Å². The molecule has 1 aromatic carbocycles. The number of carbonyl (C=O) groups is 1. The molecule has 1 saturated heterocycles. The SMILES string of the molecule is O=C(c1ccc(OCCCBr)cc1)N1CCCCC1. The van der Waals surface area contributed by atoms with Crippen molar-refractivity contribution in [2.24, 2.45) is 0 Å². The van der Waals surface area contributed by atoms with E-state index in [0.717, 1.165) is 49.0 Å². The third-order valence-corrected chi connectivity index (χ3v) is 3.85. The van der Waals surface area contributed by atoms with Gasteiger partial charge in [0.1, 0.15) is 5.75 Å². The maximum Gasteiger partial charge on any atom is 0.253 e. The number of piperidine rings is 1. The van der Waals surface area contributed by atoms with Gasteiger partial charge in [-0.25, -0.2) is 0 Å². The van der Waals surface area contributed by atoms with E-state index in [1.807, 2.05) is 29.2 Å². The van der Waals surface area contributed by atoms with Crippen LogP contribution in [0, 0.1) is 0 Å². The first-order chi connectivity index (χ1) is 9.31. The molecule has 1 heterocycles. The predicted molar refractivity (Wildman–Crippen MR) is 80.1 cm³/mol. The molecule has 1 amide bonds. The molecule has 104 valence electrons. The Balaban J connectivity index is 1.91. The first-order valence-corrected chi connectivity index (χ1v) is 8.01. The smallest absolute Gasteiger partial charge is 0.253 e. The van der Waals surface area contributed by atoms with Gasteiger partial charge in [0.2, 0.25) is 0 Å². The van der Waals surface area contributed by atoms with Gasteiger partial charge in [0.05, 0.1) is 6.61 Å². The van der Waals surface area contributed by atoms with Gasteiger partial charge in [0.25, 0.3) is 5.91 Å². The van der Waals surface area contributed by atoms with Crippen molar-refractivity contribution in [2.75, 3.05) is 25.0 Å². The summed E-state index contributed by atoms with van der Waals surface area (Å²) in [5, 5.41) is 0.943. The van der Waals surface area contributed by atoms with Gasteiger partial charge in [-0.15, -0.1) is 0 Å². The van der Waals surface area contributed by atoms with Gasteiger partial charge >= 0.3 is 0 Å². The Morgan fingerprint density at radius 3 is 2.47 bits per heavy atom. The highest BCUT2D eigenvalue weighted by molar-refractivity contribution is 9.09. The van der Waals surface area contributed by atoms with Crippen molar-refractivity contribution in [3.63, 3.8) is 0 Å². The fourth-order valence-electron chi connectivity index (χ4n) is 2.22. The average molecular weight is 326 g/mol. The zero-order valence-corrected chi connectivity index (χ0v) is 12.7. The van der Waals surface area contributed by atoms with Crippen LogP contribution < -0.4 is 4.74 Å². The van der Waals surface area contributed by atoms with Crippen LogP contribution >= 0.6 is 15.9 Å². The third-order valence-electron chi connectivity index (χ3n) is 3.29. The monoisotopic (exact) mass is 325 g/mol. The zero-order chi connectivity index (χ0) is 13.5. The Labute approximate surface area is 123 Å². The first kappa shape index (κ1) is 14.4. The predicted octanol–water partition coefficient (Wildman–Crippen LogP) is 3.48. The highest BCUT2D eigenvalue weighted by Crippen LogP contribution is 2.16. The van der Waals surface area contributed by atoms with Gasteiger partial charge in [0, 0.05) is 24.0 Å². The second-order valence-corrected chi connectivity index (χ2v) is 5.56. The van der Waals surface area contributed by atoms with E-state index in [2.05, 4.69) is 15.9 Å². The molecule has 1 aliphatic rings. The van der Waals surface area contributed by atoms with E-state index >= 15 is 0 Å². The lowest BCUT2D eigenvalue weighted by molar-refractivity contribution is 0.0724. The van der Waals surface area contributed by atoms with Crippen LogP contribution in [0.25, 0.3) is 0 Å². The number of nitrogens with zero attached hydrogens (tertiary/aromatic N) is 1. The molecule has 0 N–H and O–H groups in total. The number of rotatable bonds is 5. The van der Waals surface area contributed by atoms with Crippen LogP contribution in [0.3, 0.4) is 0 Å². The number of benzene rings is 1. The Bertz CT molecular complexity index is 399. The van der Waals surface area contributed by atoms with Gasteiger partial charge < -0.3 is 9.64 Å². The molecule has 0 spiro atoms. The fraction of sp³-hybridized carbons (Fsp3) is 0.533. The summed E-state index contributed by atoms with van der Waals surface area (Å²) in [6, 6.07) is 7.48. The fourth-order valence-corrected chi connectivity index (χ4v) is 2.45. The number of halogens is 1. The van der Waals surface area contributed by atoms with Crippen LogP contribution in [0.2, 0.25) is 0 Å². The second-order valence-electron chi connectivity index (χ2n) is 4.77. The summed E-state index contributed by atoms with van der Waals surface area (Å²) < 4.78 is 5.57. The van der Waals surface area contributed by atoms with E-state index in [1.165, 1.54) is 6.42 Å². The lowest BCUT2D eigenvalue weighted by Gasteiger charge is -2.26. The van der Waals surface area contributed by atoms with Crippen molar-refractivity contribution in [3.8, 4) is 5.75 Å². The molecule has 2 rings (SSSR count). The molecule has 3 nitrogen and oxygen atoms in total. The van der Waals surface area contributed by atoms with E-state index in [-0.39, 0.29) is 5.91 Å². The summed E-state index contributed by atoms with van der Waals surface area (Å²) in [6.07, 6.45) is 4.47.